The van der Waals surface area contributed by atoms with Gasteiger partial charge in [0.2, 0.25) is 0 Å². The highest BCUT2D eigenvalue weighted by molar-refractivity contribution is 5.85. The van der Waals surface area contributed by atoms with Crippen molar-refractivity contribution < 1.29 is 0 Å². The van der Waals surface area contributed by atoms with E-state index in [0.717, 1.165) is 0 Å². The monoisotopic (exact) mass is 257 g/mol. The van der Waals surface area contributed by atoms with E-state index in [-0.39, 0.29) is 24.8 Å². The number of halogens is 2. The fourth-order valence-corrected chi connectivity index (χ4v) is 1.48. The Morgan fingerprint density at radius 2 is 1.00 bits per heavy atom. The summed E-state index contributed by atoms with van der Waals surface area (Å²) < 4.78 is 0. The van der Waals surface area contributed by atoms with Crippen LogP contribution in [0.15, 0.2) is 0 Å². The van der Waals surface area contributed by atoms with Crippen LogP contribution in [0.3, 0.4) is 0 Å². The van der Waals surface area contributed by atoms with Crippen molar-refractivity contribution in [3.05, 3.63) is 0 Å². The predicted molar refractivity (Wildman–Crippen MR) is 75.6 cm³/mol. The maximum atomic E-state index is 3.50. The molecule has 0 aromatic rings. The van der Waals surface area contributed by atoms with Crippen LogP contribution in [0.1, 0.15) is 65.2 Å². The van der Waals surface area contributed by atoms with Crippen molar-refractivity contribution in [3.8, 4) is 0 Å². The molecular formula is C12H29Cl2N. The smallest absolute Gasteiger partial charge is 0.00489 e. The maximum Gasteiger partial charge on any atom is -0.00489 e. The number of hydrogen-bond donors (Lipinski definition) is 1. The molecule has 0 unspecified atom stereocenters. The molecule has 0 atom stereocenters. The molecule has 1 nitrogen and oxygen atoms in total. The first-order chi connectivity index (χ1) is 6.41. The summed E-state index contributed by atoms with van der Waals surface area (Å²) in [4.78, 5) is 0. The van der Waals surface area contributed by atoms with E-state index in [2.05, 4.69) is 19.2 Å². The highest BCUT2D eigenvalue weighted by Crippen LogP contribution is 1.98. The third kappa shape index (κ3) is 20.6. The molecule has 0 aliphatic heterocycles. The minimum Gasteiger partial charge on any atom is -0.317 e. The Labute approximate surface area is 109 Å². The lowest BCUT2D eigenvalue weighted by atomic mass is 10.2. The molecule has 0 aromatic carbocycles. The van der Waals surface area contributed by atoms with E-state index >= 15 is 0 Å². The molecule has 0 heterocycles. The molecule has 0 aliphatic rings. The van der Waals surface area contributed by atoms with E-state index in [0.29, 0.717) is 0 Å². The van der Waals surface area contributed by atoms with Crippen molar-refractivity contribution in [2.45, 2.75) is 65.2 Å². The van der Waals surface area contributed by atoms with Crippen molar-refractivity contribution in [2.75, 3.05) is 13.1 Å². The topological polar surface area (TPSA) is 12.0 Å². The fourth-order valence-electron chi connectivity index (χ4n) is 1.48. The van der Waals surface area contributed by atoms with Gasteiger partial charge in [-0.3, -0.25) is 0 Å². The van der Waals surface area contributed by atoms with E-state index in [4.69, 9.17) is 0 Å². The summed E-state index contributed by atoms with van der Waals surface area (Å²) in [5.41, 5.74) is 0. The molecule has 0 fully saturated rings. The second-order valence-corrected chi connectivity index (χ2v) is 3.87. The summed E-state index contributed by atoms with van der Waals surface area (Å²) in [6.45, 7) is 6.98. The Morgan fingerprint density at radius 1 is 0.600 bits per heavy atom. The first-order valence-corrected chi connectivity index (χ1v) is 6.12. The van der Waals surface area contributed by atoms with Crippen LogP contribution in [-0.2, 0) is 0 Å². The third-order valence-corrected chi connectivity index (χ3v) is 2.41. The zero-order chi connectivity index (χ0) is 9.78. The van der Waals surface area contributed by atoms with Crippen molar-refractivity contribution in [2.24, 2.45) is 0 Å². The van der Waals surface area contributed by atoms with Crippen molar-refractivity contribution in [1.82, 2.24) is 5.32 Å². The van der Waals surface area contributed by atoms with E-state index in [9.17, 15) is 0 Å². The van der Waals surface area contributed by atoms with E-state index in [1.54, 1.807) is 0 Å². The molecule has 3 heteroatoms. The van der Waals surface area contributed by atoms with E-state index in [1.807, 2.05) is 0 Å². The molecule has 0 bridgehead atoms. The van der Waals surface area contributed by atoms with Gasteiger partial charge in [0.1, 0.15) is 0 Å². The van der Waals surface area contributed by atoms with Gasteiger partial charge in [0.15, 0.2) is 0 Å². The molecule has 96 valence electrons. The van der Waals surface area contributed by atoms with Gasteiger partial charge < -0.3 is 5.32 Å². The van der Waals surface area contributed by atoms with Crippen molar-refractivity contribution >= 4 is 24.8 Å². The lowest BCUT2D eigenvalue weighted by molar-refractivity contribution is 0.564. The second kappa shape index (κ2) is 20.0. The van der Waals surface area contributed by atoms with Crippen LogP contribution < -0.4 is 5.32 Å². The molecule has 0 radical (unpaired) electrons. The van der Waals surface area contributed by atoms with Gasteiger partial charge in [0.25, 0.3) is 0 Å². The van der Waals surface area contributed by atoms with Gasteiger partial charge >= 0.3 is 0 Å². The molecule has 0 amide bonds. The molecule has 15 heavy (non-hydrogen) atoms. The minimum atomic E-state index is 0. The summed E-state index contributed by atoms with van der Waals surface area (Å²) in [5.74, 6) is 0. The first kappa shape index (κ1) is 20.9. The van der Waals surface area contributed by atoms with E-state index < -0.39 is 0 Å². The quantitative estimate of drug-likeness (QED) is 0.565. The Kier molecular flexibility index (Phi) is 27.9. The molecule has 0 aromatic heterocycles. The zero-order valence-electron chi connectivity index (χ0n) is 10.4. The Bertz CT molecular complexity index is 79.7. The standard InChI is InChI=1S/C12H27N.2ClH/c1-3-5-7-9-11-13-12-10-8-6-4-2;;/h13H,3-12H2,1-2H3;2*1H. The highest BCUT2D eigenvalue weighted by Gasteiger charge is 1.89. The van der Waals surface area contributed by atoms with Gasteiger partial charge in [0.05, 0.1) is 0 Å². The van der Waals surface area contributed by atoms with Gasteiger partial charge in [-0.05, 0) is 25.9 Å². The van der Waals surface area contributed by atoms with Crippen LogP contribution in [0, 0.1) is 0 Å². The van der Waals surface area contributed by atoms with Gasteiger partial charge in [-0.15, -0.1) is 24.8 Å². The lowest BCUT2D eigenvalue weighted by Crippen LogP contribution is -2.16. The van der Waals surface area contributed by atoms with E-state index in [1.165, 1.54) is 64.5 Å². The van der Waals surface area contributed by atoms with Gasteiger partial charge in [-0.25, -0.2) is 0 Å². The molecule has 0 saturated heterocycles. The summed E-state index contributed by atoms with van der Waals surface area (Å²) in [5, 5.41) is 3.50. The van der Waals surface area contributed by atoms with Crippen LogP contribution in [0.25, 0.3) is 0 Å². The largest absolute Gasteiger partial charge is 0.317 e. The van der Waals surface area contributed by atoms with Crippen LogP contribution in [0.4, 0.5) is 0 Å². The molecule has 0 rings (SSSR count). The SMILES string of the molecule is CCCCCCNCCCCCC.Cl.Cl. The molecule has 0 saturated carbocycles. The lowest BCUT2D eigenvalue weighted by Gasteiger charge is -2.03. The average molecular weight is 258 g/mol. The molecule has 0 spiro atoms. The number of rotatable bonds is 10. The van der Waals surface area contributed by atoms with Gasteiger partial charge in [-0.1, -0.05) is 52.4 Å². The first-order valence-electron chi connectivity index (χ1n) is 6.12. The Balaban J connectivity index is -0.000000720. The van der Waals surface area contributed by atoms with Crippen LogP contribution in [0.2, 0.25) is 0 Å². The zero-order valence-corrected chi connectivity index (χ0v) is 12.0. The fraction of sp³-hybridized carbons (Fsp3) is 1.00. The molecular weight excluding hydrogens is 229 g/mol. The van der Waals surface area contributed by atoms with Crippen LogP contribution in [0.5, 0.6) is 0 Å². The predicted octanol–water partition coefficient (Wildman–Crippen LogP) is 4.58. The van der Waals surface area contributed by atoms with Crippen molar-refractivity contribution in [3.63, 3.8) is 0 Å². The normalized spacial score (nSPS) is 9.20. The summed E-state index contributed by atoms with van der Waals surface area (Å²) in [6.07, 6.45) is 11.0. The summed E-state index contributed by atoms with van der Waals surface area (Å²) in [6, 6.07) is 0. The van der Waals surface area contributed by atoms with Crippen LogP contribution >= 0.6 is 24.8 Å². The second-order valence-electron chi connectivity index (χ2n) is 3.87. The van der Waals surface area contributed by atoms with Gasteiger partial charge in [-0.2, -0.15) is 0 Å². The minimum absolute atomic E-state index is 0. The number of unbranched alkanes of at least 4 members (excludes halogenated alkanes) is 6. The summed E-state index contributed by atoms with van der Waals surface area (Å²) in [7, 11) is 0. The molecule has 1 N–H and O–H groups in total. The molecule has 0 aliphatic carbocycles. The average Bonchev–Trinajstić information content (AvgIpc) is 2.16. The van der Waals surface area contributed by atoms with Crippen LogP contribution in [-0.4, -0.2) is 13.1 Å². The van der Waals surface area contributed by atoms with Crippen molar-refractivity contribution in [1.29, 1.82) is 0 Å². The maximum absolute atomic E-state index is 3.50. The number of nitrogens with one attached hydrogen (secondary N) is 1. The Morgan fingerprint density at radius 3 is 1.33 bits per heavy atom. The third-order valence-electron chi connectivity index (χ3n) is 2.41. The van der Waals surface area contributed by atoms with Gasteiger partial charge in [0, 0.05) is 0 Å². The number of hydrogen-bond acceptors (Lipinski definition) is 1. The summed E-state index contributed by atoms with van der Waals surface area (Å²) >= 11 is 0. The Hall–Kier alpha value is 0.540. The highest BCUT2D eigenvalue weighted by atomic mass is 35.5.